The molecule has 2 aromatic heterocycles. The fraction of sp³-hybridized carbons (Fsp3) is 0.516. The van der Waals surface area contributed by atoms with Gasteiger partial charge >= 0.3 is 5.97 Å². The third-order valence-corrected chi connectivity index (χ3v) is 8.89. The summed E-state index contributed by atoms with van der Waals surface area (Å²) in [5.74, 6) is -1.20. The Labute approximate surface area is 244 Å². The molecular formula is C31H42ClFN2O4Si. The lowest BCUT2D eigenvalue weighted by Gasteiger charge is -2.45. The summed E-state index contributed by atoms with van der Waals surface area (Å²) in [7, 11) is -0.941. The molecule has 0 aliphatic rings. The Hall–Kier alpha value is -2.55. The topological polar surface area (TPSA) is 70.4 Å². The Morgan fingerprint density at radius 3 is 2.35 bits per heavy atom. The van der Waals surface area contributed by atoms with Gasteiger partial charge in [0.1, 0.15) is 17.0 Å². The third-order valence-electron chi connectivity index (χ3n) is 6.84. The van der Waals surface area contributed by atoms with Crippen LogP contribution in [0.2, 0.25) is 10.1 Å². The molecule has 0 fully saturated rings. The maximum atomic E-state index is 14.8. The van der Waals surface area contributed by atoms with Crippen LogP contribution in [-0.2, 0) is 15.6 Å². The zero-order valence-corrected chi connectivity index (χ0v) is 27.5. The second-order valence-electron chi connectivity index (χ2n) is 13.2. The highest BCUT2D eigenvalue weighted by Gasteiger charge is 2.42. The first-order chi connectivity index (χ1) is 18.4. The van der Waals surface area contributed by atoms with Crippen molar-refractivity contribution >= 4 is 38.4 Å². The Bertz CT molecular complexity index is 1470. The first-order valence-electron chi connectivity index (χ1n) is 13.7. The van der Waals surface area contributed by atoms with Gasteiger partial charge in [-0.25, -0.2) is 14.2 Å². The van der Waals surface area contributed by atoms with Crippen molar-refractivity contribution in [3.63, 3.8) is 0 Å². The molecule has 0 aliphatic carbocycles. The third kappa shape index (κ3) is 7.01. The van der Waals surface area contributed by atoms with Crippen LogP contribution < -0.4 is 5.43 Å². The van der Waals surface area contributed by atoms with Crippen molar-refractivity contribution in [1.29, 1.82) is 0 Å². The van der Waals surface area contributed by atoms with Crippen LogP contribution in [0.25, 0.3) is 11.0 Å². The summed E-state index contributed by atoms with van der Waals surface area (Å²) in [6.07, 6.45) is 1.77. The molecule has 0 amide bonds. The molecule has 0 N–H and O–H groups in total. The molecule has 0 saturated heterocycles. The summed E-state index contributed by atoms with van der Waals surface area (Å²) in [6.45, 7) is 20.6. The molecule has 2 heterocycles. The number of rotatable bonds is 8. The minimum absolute atomic E-state index is 0.0323. The first-order valence-corrected chi connectivity index (χ1v) is 15.3. The van der Waals surface area contributed by atoms with E-state index in [0.717, 1.165) is 0 Å². The van der Waals surface area contributed by atoms with Crippen molar-refractivity contribution in [2.24, 2.45) is 5.41 Å². The van der Waals surface area contributed by atoms with Gasteiger partial charge in [-0.1, -0.05) is 65.3 Å². The Morgan fingerprint density at radius 2 is 1.77 bits per heavy atom. The van der Waals surface area contributed by atoms with Gasteiger partial charge in [0.15, 0.2) is 9.76 Å². The smallest absolute Gasteiger partial charge is 0.343 e. The molecule has 6 nitrogen and oxygen atoms in total. The van der Waals surface area contributed by atoms with E-state index in [1.54, 1.807) is 31.3 Å². The summed E-state index contributed by atoms with van der Waals surface area (Å²) in [6, 6.07) is 6.26. The van der Waals surface area contributed by atoms with E-state index in [2.05, 4.69) is 55.4 Å². The SMILES string of the molecule is CCOC(=O)c1cn([C@@H](C(C)(C)C)C(C)(C)O[SiH2]C(C)(C)C)c2nc(C)c(Cc3cccc(Cl)c3F)cc2c1=O. The minimum atomic E-state index is -0.941. The Balaban J connectivity index is 2.34. The van der Waals surface area contributed by atoms with Crippen molar-refractivity contribution in [2.45, 2.75) is 92.3 Å². The zero-order chi connectivity index (χ0) is 30.2. The van der Waals surface area contributed by atoms with E-state index in [1.807, 2.05) is 11.5 Å². The maximum Gasteiger partial charge on any atom is 0.343 e. The highest BCUT2D eigenvalue weighted by atomic mass is 35.5. The number of ether oxygens (including phenoxy) is 1. The average molecular weight is 589 g/mol. The molecule has 3 aromatic rings. The summed E-state index contributed by atoms with van der Waals surface area (Å²) in [5.41, 5.74) is 0.623. The predicted molar refractivity (Wildman–Crippen MR) is 163 cm³/mol. The number of aromatic nitrogens is 2. The molecule has 3 rings (SSSR count). The van der Waals surface area contributed by atoms with Crippen LogP contribution in [0.3, 0.4) is 0 Å². The molecule has 0 saturated carbocycles. The normalized spacial score (nSPS) is 13.8. The maximum absolute atomic E-state index is 14.8. The highest BCUT2D eigenvalue weighted by Crippen LogP contribution is 2.43. The quantitative estimate of drug-likeness (QED) is 0.210. The monoisotopic (exact) mass is 588 g/mol. The molecule has 1 aromatic carbocycles. The van der Waals surface area contributed by atoms with Crippen molar-refractivity contribution < 1.29 is 18.3 Å². The second kappa shape index (κ2) is 11.7. The molecule has 0 radical (unpaired) electrons. The van der Waals surface area contributed by atoms with Crippen LogP contribution in [0, 0.1) is 18.2 Å². The standard InChI is InChI=1S/C31H42ClFN2O4Si/c1-11-38-27(37)22-17-35(28(29(3,4)5)31(9,10)39-40-30(6,7)8)26-21(25(22)36)16-20(18(2)34-26)15-19-13-12-14-23(32)24(19)33/h12-14,16-17,28H,11,15,40H2,1-10H3/t28-/m0/s1. The number of halogens is 2. The van der Waals surface area contributed by atoms with E-state index < -0.39 is 32.6 Å². The van der Waals surface area contributed by atoms with Gasteiger partial charge in [-0.2, -0.15) is 0 Å². The van der Waals surface area contributed by atoms with E-state index in [-0.39, 0.29) is 45.5 Å². The van der Waals surface area contributed by atoms with Gasteiger partial charge in [-0.05, 0) is 61.4 Å². The number of carbonyl (C=O) groups is 1. The van der Waals surface area contributed by atoms with Crippen molar-refractivity contribution in [2.75, 3.05) is 6.61 Å². The summed E-state index contributed by atoms with van der Waals surface area (Å²) in [4.78, 5) is 31.7. The van der Waals surface area contributed by atoms with Crippen LogP contribution >= 0.6 is 11.6 Å². The number of fused-ring (bicyclic) bond motifs is 1. The number of benzene rings is 1. The first kappa shape index (κ1) is 32.0. The highest BCUT2D eigenvalue weighted by molar-refractivity contribution is 6.32. The minimum Gasteiger partial charge on any atom is -0.462 e. The number of hydrogen-bond acceptors (Lipinski definition) is 5. The number of aryl methyl sites for hydroxylation is 1. The summed E-state index contributed by atoms with van der Waals surface area (Å²) in [5, 5.41) is 0.373. The molecule has 0 bridgehead atoms. The zero-order valence-electron chi connectivity index (χ0n) is 25.4. The van der Waals surface area contributed by atoms with Crippen molar-refractivity contribution in [3.05, 3.63) is 73.9 Å². The molecular weight excluding hydrogens is 547 g/mol. The van der Waals surface area contributed by atoms with Gasteiger partial charge in [0.25, 0.3) is 0 Å². The van der Waals surface area contributed by atoms with E-state index >= 15 is 0 Å². The molecule has 0 aliphatic heterocycles. The van der Waals surface area contributed by atoms with Gasteiger partial charge in [-0.15, -0.1) is 0 Å². The largest absolute Gasteiger partial charge is 0.462 e. The number of carbonyl (C=O) groups excluding carboxylic acids is 1. The summed E-state index contributed by atoms with van der Waals surface area (Å²) >= 11 is 6.02. The van der Waals surface area contributed by atoms with E-state index in [9.17, 15) is 14.0 Å². The van der Waals surface area contributed by atoms with E-state index in [1.165, 1.54) is 6.07 Å². The van der Waals surface area contributed by atoms with Gasteiger partial charge in [0.2, 0.25) is 5.43 Å². The fourth-order valence-corrected chi connectivity index (χ4v) is 6.46. The van der Waals surface area contributed by atoms with Gasteiger partial charge in [0.05, 0.1) is 28.7 Å². The van der Waals surface area contributed by atoms with Crippen molar-refractivity contribution in [3.8, 4) is 0 Å². The van der Waals surface area contributed by atoms with Crippen LogP contribution in [0.4, 0.5) is 4.39 Å². The number of nitrogens with zero attached hydrogens (tertiary/aromatic N) is 2. The average Bonchev–Trinajstić information content (AvgIpc) is 2.82. The van der Waals surface area contributed by atoms with Crippen molar-refractivity contribution in [1.82, 2.24) is 9.55 Å². The summed E-state index contributed by atoms with van der Waals surface area (Å²) < 4.78 is 28.6. The van der Waals surface area contributed by atoms with E-state index in [4.69, 9.17) is 25.7 Å². The lowest BCUT2D eigenvalue weighted by atomic mass is 9.77. The molecule has 9 heteroatoms. The van der Waals surface area contributed by atoms with Crippen LogP contribution in [-0.4, -0.2) is 37.5 Å². The lowest BCUT2D eigenvalue weighted by molar-refractivity contribution is -0.00177. The molecule has 0 unspecified atom stereocenters. The number of pyridine rings is 2. The van der Waals surface area contributed by atoms with Crippen LogP contribution in [0.5, 0.6) is 0 Å². The number of esters is 1. The van der Waals surface area contributed by atoms with Gasteiger partial charge in [0, 0.05) is 18.3 Å². The van der Waals surface area contributed by atoms with Crippen LogP contribution in [0.15, 0.2) is 35.3 Å². The molecule has 218 valence electrons. The Kier molecular flexibility index (Phi) is 9.39. The predicted octanol–water partition coefficient (Wildman–Crippen LogP) is 6.95. The van der Waals surface area contributed by atoms with Gasteiger partial charge in [-0.3, -0.25) is 4.79 Å². The second-order valence-corrected chi connectivity index (χ2v) is 16.3. The van der Waals surface area contributed by atoms with Gasteiger partial charge < -0.3 is 13.7 Å². The number of hydrogen-bond donors (Lipinski definition) is 0. The fourth-order valence-electron chi connectivity index (χ4n) is 5.30. The molecule has 0 spiro atoms. The van der Waals surface area contributed by atoms with Crippen LogP contribution in [0.1, 0.15) is 95.5 Å². The molecule has 1 atom stereocenters. The molecule has 40 heavy (non-hydrogen) atoms. The Morgan fingerprint density at radius 1 is 1.12 bits per heavy atom. The van der Waals surface area contributed by atoms with E-state index in [0.29, 0.717) is 22.5 Å². The lowest BCUT2D eigenvalue weighted by Crippen LogP contribution is -2.46.